The van der Waals surface area contributed by atoms with Gasteiger partial charge in [0.05, 0.1) is 5.56 Å². The summed E-state index contributed by atoms with van der Waals surface area (Å²) in [5, 5.41) is 14.1. The Morgan fingerprint density at radius 3 is 2.44 bits per heavy atom. The second kappa shape index (κ2) is 4.05. The Kier molecular flexibility index (Phi) is 2.81. The molecule has 0 fully saturated rings. The summed E-state index contributed by atoms with van der Waals surface area (Å²) < 4.78 is 5.14. The zero-order valence-corrected chi connectivity index (χ0v) is 11.1. The predicted octanol–water partition coefficient (Wildman–Crippen LogP) is 3.24. The smallest absolute Gasteiger partial charge is 0.173 e. The summed E-state index contributed by atoms with van der Waals surface area (Å²) in [4.78, 5) is 0. The lowest BCUT2D eigenvalue weighted by atomic mass is 9.84. The van der Waals surface area contributed by atoms with Crippen LogP contribution in [0.2, 0.25) is 0 Å². The second-order valence-electron chi connectivity index (χ2n) is 5.52. The lowest BCUT2D eigenvalue weighted by Gasteiger charge is -2.22. The number of aromatic nitrogens is 1. The molecule has 0 atom stereocenters. The van der Waals surface area contributed by atoms with Crippen LogP contribution in [0.1, 0.15) is 31.9 Å². The summed E-state index contributed by atoms with van der Waals surface area (Å²) in [5.74, 6) is 1.04. The van der Waals surface area contributed by atoms with Crippen LogP contribution < -0.4 is 5.73 Å². The van der Waals surface area contributed by atoms with Crippen molar-refractivity contribution in [2.24, 2.45) is 0 Å². The molecule has 2 rings (SSSR count). The molecule has 0 spiro atoms. The van der Waals surface area contributed by atoms with Crippen LogP contribution in [-0.2, 0) is 5.41 Å². The van der Waals surface area contributed by atoms with Crippen LogP contribution in [0, 0.1) is 6.92 Å². The van der Waals surface area contributed by atoms with Crippen LogP contribution in [0.5, 0.6) is 5.75 Å². The van der Waals surface area contributed by atoms with Crippen molar-refractivity contribution in [1.82, 2.24) is 5.16 Å². The van der Waals surface area contributed by atoms with E-state index in [1.54, 1.807) is 6.07 Å². The molecule has 0 saturated heterocycles. The van der Waals surface area contributed by atoms with Crippen molar-refractivity contribution in [3.63, 3.8) is 0 Å². The normalized spacial score (nSPS) is 11.8. The molecule has 2 aromatic rings. The van der Waals surface area contributed by atoms with Gasteiger partial charge in [0.25, 0.3) is 0 Å². The molecule has 3 N–H and O–H groups in total. The summed E-state index contributed by atoms with van der Waals surface area (Å²) >= 11 is 0. The van der Waals surface area contributed by atoms with Crippen LogP contribution in [0.25, 0.3) is 11.3 Å². The number of nitrogens with two attached hydrogens (primary N) is 1. The van der Waals surface area contributed by atoms with Gasteiger partial charge in [-0.05, 0) is 17.9 Å². The number of benzene rings is 1. The van der Waals surface area contributed by atoms with Crippen LogP contribution in [0.15, 0.2) is 22.7 Å². The van der Waals surface area contributed by atoms with Gasteiger partial charge in [0, 0.05) is 11.6 Å². The van der Waals surface area contributed by atoms with Crippen molar-refractivity contribution in [3.8, 4) is 17.1 Å². The third-order valence-electron chi connectivity index (χ3n) is 2.97. The van der Waals surface area contributed by atoms with E-state index in [2.05, 4.69) is 25.9 Å². The van der Waals surface area contributed by atoms with E-state index in [-0.39, 0.29) is 11.2 Å². The van der Waals surface area contributed by atoms with Crippen molar-refractivity contribution in [3.05, 3.63) is 29.3 Å². The van der Waals surface area contributed by atoms with Gasteiger partial charge in [-0.15, -0.1) is 0 Å². The highest BCUT2D eigenvalue weighted by molar-refractivity contribution is 5.73. The molecule has 0 amide bonds. The number of aromatic hydroxyl groups is 1. The lowest BCUT2D eigenvalue weighted by molar-refractivity contribution is 0.423. The van der Waals surface area contributed by atoms with E-state index < -0.39 is 0 Å². The van der Waals surface area contributed by atoms with Crippen molar-refractivity contribution in [2.75, 3.05) is 5.73 Å². The third kappa shape index (κ3) is 2.06. The SMILES string of the molecule is Cc1ccc(C(C)(C)C)c(O)c1-c1cc(N)no1. The van der Waals surface area contributed by atoms with E-state index >= 15 is 0 Å². The Bertz CT molecular complexity index is 580. The van der Waals surface area contributed by atoms with Gasteiger partial charge in [-0.2, -0.15) is 0 Å². The topological polar surface area (TPSA) is 72.3 Å². The standard InChI is InChI=1S/C14H18N2O2/c1-8-5-6-9(14(2,3)4)13(17)12(8)10-7-11(15)16-18-10/h5-7,17H,1-4H3,(H2,15,16). The predicted molar refractivity (Wildman–Crippen MR) is 71.5 cm³/mol. The van der Waals surface area contributed by atoms with Gasteiger partial charge in [-0.3, -0.25) is 0 Å². The Balaban J connectivity index is 2.67. The summed E-state index contributed by atoms with van der Waals surface area (Å²) in [6, 6.07) is 5.52. The molecule has 0 unspecified atom stereocenters. The zero-order chi connectivity index (χ0) is 13.5. The molecule has 0 bridgehead atoms. The van der Waals surface area contributed by atoms with Crippen LogP contribution in [0.4, 0.5) is 5.82 Å². The average Bonchev–Trinajstić information content (AvgIpc) is 2.62. The Morgan fingerprint density at radius 1 is 1.28 bits per heavy atom. The Morgan fingerprint density at radius 2 is 1.94 bits per heavy atom. The highest BCUT2D eigenvalue weighted by Crippen LogP contribution is 2.40. The molecular weight excluding hydrogens is 228 g/mol. The molecule has 96 valence electrons. The number of nitrogens with zero attached hydrogens (tertiary/aromatic N) is 1. The average molecular weight is 246 g/mol. The molecule has 1 heterocycles. The minimum Gasteiger partial charge on any atom is -0.507 e. The van der Waals surface area contributed by atoms with Gasteiger partial charge < -0.3 is 15.4 Å². The van der Waals surface area contributed by atoms with E-state index in [1.807, 2.05) is 19.1 Å². The highest BCUT2D eigenvalue weighted by atomic mass is 16.5. The summed E-state index contributed by atoms with van der Waals surface area (Å²) in [5.41, 5.74) is 7.87. The Hall–Kier alpha value is -1.97. The summed E-state index contributed by atoms with van der Waals surface area (Å²) in [7, 11) is 0. The maximum atomic E-state index is 10.4. The van der Waals surface area contributed by atoms with Crippen LogP contribution >= 0.6 is 0 Å². The molecule has 0 aliphatic carbocycles. The minimum absolute atomic E-state index is 0.141. The minimum atomic E-state index is -0.141. The second-order valence-corrected chi connectivity index (χ2v) is 5.52. The third-order valence-corrected chi connectivity index (χ3v) is 2.97. The molecule has 4 heteroatoms. The number of hydrogen-bond acceptors (Lipinski definition) is 4. The number of rotatable bonds is 1. The van der Waals surface area contributed by atoms with E-state index in [1.165, 1.54) is 0 Å². The fraction of sp³-hybridized carbons (Fsp3) is 0.357. The summed E-state index contributed by atoms with van der Waals surface area (Å²) in [6.07, 6.45) is 0. The number of aryl methyl sites for hydroxylation is 1. The monoisotopic (exact) mass is 246 g/mol. The van der Waals surface area contributed by atoms with Crippen molar-refractivity contribution >= 4 is 5.82 Å². The Labute approximate surface area is 106 Å². The maximum absolute atomic E-state index is 10.4. The highest BCUT2D eigenvalue weighted by Gasteiger charge is 2.23. The lowest BCUT2D eigenvalue weighted by Crippen LogP contribution is -2.11. The fourth-order valence-electron chi connectivity index (χ4n) is 2.01. The van der Waals surface area contributed by atoms with Crippen molar-refractivity contribution in [1.29, 1.82) is 0 Å². The van der Waals surface area contributed by atoms with Crippen molar-refractivity contribution in [2.45, 2.75) is 33.1 Å². The fourth-order valence-corrected chi connectivity index (χ4v) is 2.01. The van der Waals surface area contributed by atoms with Gasteiger partial charge in [0.1, 0.15) is 5.75 Å². The first-order chi connectivity index (χ1) is 8.30. The first-order valence-corrected chi connectivity index (χ1v) is 5.86. The first kappa shape index (κ1) is 12.5. The molecule has 4 nitrogen and oxygen atoms in total. The molecule has 1 aromatic carbocycles. The van der Waals surface area contributed by atoms with Gasteiger partial charge in [-0.1, -0.05) is 38.1 Å². The van der Waals surface area contributed by atoms with E-state index in [9.17, 15) is 5.11 Å². The van der Waals surface area contributed by atoms with Crippen molar-refractivity contribution < 1.29 is 9.63 Å². The van der Waals surface area contributed by atoms with Crippen LogP contribution in [-0.4, -0.2) is 10.3 Å². The molecule has 0 aliphatic heterocycles. The maximum Gasteiger partial charge on any atom is 0.173 e. The van der Waals surface area contributed by atoms with E-state index in [0.717, 1.165) is 11.1 Å². The molecule has 0 aliphatic rings. The number of nitrogen functional groups attached to an aromatic ring is 1. The quantitative estimate of drug-likeness (QED) is 0.810. The van der Waals surface area contributed by atoms with Crippen LogP contribution in [0.3, 0.4) is 0 Å². The number of anilines is 1. The number of phenols is 1. The largest absolute Gasteiger partial charge is 0.507 e. The number of phenolic OH excluding ortho intramolecular Hbond substituents is 1. The van der Waals surface area contributed by atoms with Gasteiger partial charge in [0.15, 0.2) is 11.6 Å². The molecule has 18 heavy (non-hydrogen) atoms. The molecule has 1 aromatic heterocycles. The van der Waals surface area contributed by atoms with Gasteiger partial charge >= 0.3 is 0 Å². The van der Waals surface area contributed by atoms with Gasteiger partial charge in [0.2, 0.25) is 0 Å². The number of hydrogen-bond donors (Lipinski definition) is 2. The first-order valence-electron chi connectivity index (χ1n) is 5.86. The van der Waals surface area contributed by atoms with E-state index in [0.29, 0.717) is 17.1 Å². The zero-order valence-electron chi connectivity index (χ0n) is 11.1. The van der Waals surface area contributed by atoms with E-state index in [4.69, 9.17) is 10.3 Å². The molecular formula is C14H18N2O2. The molecule has 0 saturated carbocycles. The summed E-state index contributed by atoms with van der Waals surface area (Å²) in [6.45, 7) is 8.07. The molecule has 0 radical (unpaired) electrons. The van der Waals surface area contributed by atoms with Gasteiger partial charge in [-0.25, -0.2) is 0 Å².